The summed E-state index contributed by atoms with van der Waals surface area (Å²) in [5, 5.41) is 24.5. The smallest absolute Gasteiger partial charge is 0.315 e. The Hall–Kier alpha value is -2.12. The van der Waals surface area contributed by atoms with Crippen molar-refractivity contribution in [2.45, 2.75) is 5.79 Å². The van der Waals surface area contributed by atoms with E-state index in [1.807, 2.05) is 0 Å². The summed E-state index contributed by atoms with van der Waals surface area (Å²) in [5.74, 6) is -3.02. The standard InChI is InChI=1S/C12H15N3O4/c1-14(2)10-12(17,18)11(16)15(13-10)8-4-6-9(19-3)7-5-8/h4-7,17-18H,1-3H3. The molecule has 2 rings (SSSR count). The number of aliphatic hydroxyl groups is 2. The van der Waals surface area contributed by atoms with Crippen molar-refractivity contribution in [1.82, 2.24) is 4.90 Å². The van der Waals surface area contributed by atoms with Gasteiger partial charge in [0, 0.05) is 14.1 Å². The van der Waals surface area contributed by atoms with Crippen LogP contribution >= 0.6 is 0 Å². The van der Waals surface area contributed by atoms with Gasteiger partial charge in [-0.1, -0.05) is 0 Å². The van der Waals surface area contributed by atoms with E-state index in [9.17, 15) is 15.0 Å². The first kappa shape index (κ1) is 13.3. The molecule has 1 aliphatic rings. The predicted molar refractivity (Wildman–Crippen MR) is 68.8 cm³/mol. The second kappa shape index (κ2) is 4.52. The minimum Gasteiger partial charge on any atom is -0.497 e. The maximum absolute atomic E-state index is 12.0. The number of benzene rings is 1. The van der Waals surface area contributed by atoms with Crippen LogP contribution in [-0.4, -0.2) is 53.8 Å². The Bertz CT molecular complexity index is 522. The van der Waals surface area contributed by atoms with Crippen molar-refractivity contribution in [3.8, 4) is 5.75 Å². The van der Waals surface area contributed by atoms with E-state index < -0.39 is 11.7 Å². The van der Waals surface area contributed by atoms with E-state index in [2.05, 4.69) is 5.10 Å². The molecular formula is C12H15N3O4. The zero-order chi connectivity index (χ0) is 14.2. The molecule has 0 aliphatic carbocycles. The summed E-state index contributed by atoms with van der Waals surface area (Å²) in [6.07, 6.45) is 0. The van der Waals surface area contributed by atoms with Crippen LogP contribution in [0.3, 0.4) is 0 Å². The number of hydrogen-bond acceptors (Lipinski definition) is 6. The highest BCUT2D eigenvalue weighted by atomic mass is 16.5. The topological polar surface area (TPSA) is 85.6 Å². The van der Waals surface area contributed by atoms with Crippen molar-refractivity contribution in [1.29, 1.82) is 0 Å². The summed E-state index contributed by atoms with van der Waals surface area (Å²) in [7, 11) is 4.68. The fraction of sp³-hybridized carbons (Fsp3) is 0.333. The van der Waals surface area contributed by atoms with Gasteiger partial charge >= 0.3 is 11.7 Å². The van der Waals surface area contributed by atoms with Gasteiger partial charge in [-0.05, 0) is 24.3 Å². The molecule has 0 spiro atoms. The summed E-state index contributed by atoms with van der Waals surface area (Å²) in [6.45, 7) is 0. The van der Waals surface area contributed by atoms with E-state index in [4.69, 9.17) is 4.74 Å². The highest BCUT2D eigenvalue weighted by Gasteiger charge is 2.50. The third kappa shape index (κ3) is 2.13. The molecule has 0 saturated carbocycles. The number of rotatable bonds is 2. The molecule has 19 heavy (non-hydrogen) atoms. The van der Waals surface area contributed by atoms with Crippen molar-refractivity contribution in [3.05, 3.63) is 24.3 Å². The predicted octanol–water partition coefficient (Wildman–Crippen LogP) is -0.402. The van der Waals surface area contributed by atoms with Crippen LogP contribution in [0.1, 0.15) is 0 Å². The largest absolute Gasteiger partial charge is 0.497 e. The molecule has 0 fully saturated rings. The molecule has 0 unspecified atom stereocenters. The van der Waals surface area contributed by atoms with Gasteiger partial charge in [0.1, 0.15) is 5.75 Å². The van der Waals surface area contributed by atoms with Crippen molar-refractivity contribution in [2.75, 3.05) is 26.2 Å². The molecule has 1 amide bonds. The van der Waals surface area contributed by atoms with E-state index in [1.165, 1.54) is 12.0 Å². The van der Waals surface area contributed by atoms with E-state index in [0.29, 0.717) is 11.4 Å². The zero-order valence-electron chi connectivity index (χ0n) is 10.9. The van der Waals surface area contributed by atoms with E-state index in [-0.39, 0.29) is 5.84 Å². The molecule has 1 aliphatic heterocycles. The van der Waals surface area contributed by atoms with Gasteiger partial charge in [-0.3, -0.25) is 4.79 Å². The lowest BCUT2D eigenvalue weighted by molar-refractivity contribution is -0.157. The Labute approximate surface area is 110 Å². The number of carbonyl (C=O) groups excluding carboxylic acids is 1. The van der Waals surface area contributed by atoms with Crippen molar-refractivity contribution in [2.24, 2.45) is 5.10 Å². The molecule has 0 saturated heterocycles. The normalized spacial score (nSPS) is 17.4. The Morgan fingerprint density at radius 3 is 2.26 bits per heavy atom. The zero-order valence-corrected chi connectivity index (χ0v) is 10.9. The van der Waals surface area contributed by atoms with E-state index >= 15 is 0 Å². The monoisotopic (exact) mass is 265 g/mol. The number of ether oxygens (including phenoxy) is 1. The number of hydrazone groups is 1. The summed E-state index contributed by atoms with van der Waals surface area (Å²) >= 11 is 0. The maximum atomic E-state index is 12.0. The van der Waals surface area contributed by atoms with Gasteiger partial charge < -0.3 is 19.8 Å². The summed E-state index contributed by atoms with van der Waals surface area (Å²) in [5.41, 5.74) is 0.426. The van der Waals surface area contributed by atoms with Crippen molar-refractivity contribution < 1.29 is 19.7 Å². The maximum Gasteiger partial charge on any atom is 0.315 e. The number of anilines is 1. The average molecular weight is 265 g/mol. The molecule has 1 aromatic rings. The fourth-order valence-electron chi connectivity index (χ4n) is 1.75. The quantitative estimate of drug-likeness (QED) is 0.711. The van der Waals surface area contributed by atoms with E-state index in [1.54, 1.807) is 38.4 Å². The van der Waals surface area contributed by atoms with Crippen LogP contribution < -0.4 is 9.75 Å². The van der Waals surface area contributed by atoms with Gasteiger partial charge in [-0.2, -0.15) is 5.01 Å². The molecule has 0 bridgehead atoms. The van der Waals surface area contributed by atoms with Crippen LogP contribution in [0.2, 0.25) is 0 Å². The second-order valence-corrected chi connectivity index (χ2v) is 4.31. The lowest BCUT2D eigenvalue weighted by Gasteiger charge is -2.20. The SMILES string of the molecule is COc1ccc(N2N=C(N(C)C)C(O)(O)C2=O)cc1. The van der Waals surface area contributed by atoms with Gasteiger partial charge in [0.25, 0.3) is 0 Å². The highest BCUT2D eigenvalue weighted by Crippen LogP contribution is 2.27. The van der Waals surface area contributed by atoms with Crippen LogP contribution in [0.5, 0.6) is 5.75 Å². The average Bonchev–Trinajstić information content (AvgIpc) is 2.61. The third-order valence-corrected chi connectivity index (χ3v) is 2.74. The molecule has 7 heteroatoms. The van der Waals surface area contributed by atoms with Gasteiger partial charge in [-0.15, -0.1) is 5.10 Å². The van der Waals surface area contributed by atoms with E-state index in [0.717, 1.165) is 5.01 Å². The molecule has 0 atom stereocenters. The minimum atomic E-state index is -2.61. The van der Waals surface area contributed by atoms with Crippen molar-refractivity contribution in [3.63, 3.8) is 0 Å². The summed E-state index contributed by atoms with van der Waals surface area (Å²) < 4.78 is 5.01. The Morgan fingerprint density at radius 2 is 1.84 bits per heavy atom. The lowest BCUT2D eigenvalue weighted by Crippen LogP contribution is -2.50. The number of likely N-dealkylation sites (N-methyl/N-ethyl adjacent to an activating group) is 1. The number of amides is 1. The van der Waals surface area contributed by atoms with Gasteiger partial charge in [0.05, 0.1) is 12.8 Å². The summed E-state index contributed by atoms with van der Waals surface area (Å²) in [4.78, 5) is 13.3. The van der Waals surface area contributed by atoms with Gasteiger partial charge in [-0.25, -0.2) is 0 Å². The van der Waals surface area contributed by atoms with Gasteiger partial charge in [0.2, 0.25) is 0 Å². The molecule has 2 N–H and O–H groups in total. The molecule has 1 aromatic carbocycles. The molecule has 102 valence electrons. The first-order chi connectivity index (χ1) is 8.87. The first-order valence-corrected chi connectivity index (χ1v) is 5.57. The van der Waals surface area contributed by atoms with Crippen LogP contribution in [0.25, 0.3) is 0 Å². The molecule has 1 heterocycles. The number of carbonyl (C=O) groups is 1. The minimum absolute atomic E-state index is 0.131. The number of methoxy groups -OCH3 is 1. The summed E-state index contributed by atoms with van der Waals surface area (Å²) in [6, 6.07) is 6.52. The Morgan fingerprint density at radius 1 is 1.26 bits per heavy atom. The van der Waals surface area contributed by atoms with Crippen LogP contribution in [0.4, 0.5) is 5.69 Å². The third-order valence-electron chi connectivity index (χ3n) is 2.74. The molecule has 0 aromatic heterocycles. The molecule has 0 radical (unpaired) electrons. The lowest BCUT2D eigenvalue weighted by atomic mass is 10.2. The molecule has 7 nitrogen and oxygen atoms in total. The van der Waals surface area contributed by atoms with Crippen LogP contribution in [0, 0.1) is 0 Å². The highest BCUT2D eigenvalue weighted by molar-refractivity contribution is 6.19. The Kier molecular flexibility index (Phi) is 3.17. The van der Waals surface area contributed by atoms with Crippen molar-refractivity contribution >= 4 is 17.4 Å². The van der Waals surface area contributed by atoms with Crippen LogP contribution in [-0.2, 0) is 4.79 Å². The van der Waals surface area contributed by atoms with Crippen LogP contribution in [0.15, 0.2) is 29.4 Å². The number of nitrogens with zero attached hydrogens (tertiary/aromatic N) is 3. The first-order valence-electron chi connectivity index (χ1n) is 5.57. The number of amidine groups is 1. The second-order valence-electron chi connectivity index (χ2n) is 4.31. The molecular weight excluding hydrogens is 250 g/mol. The van der Waals surface area contributed by atoms with Gasteiger partial charge in [0.15, 0.2) is 5.84 Å². The number of hydrogen-bond donors (Lipinski definition) is 2. The Balaban J connectivity index is 2.37. The fourth-order valence-corrected chi connectivity index (χ4v) is 1.75.